The van der Waals surface area contributed by atoms with Crippen LogP contribution in [0.15, 0.2) is 60.4 Å². The van der Waals surface area contributed by atoms with Crippen molar-refractivity contribution < 1.29 is 4.79 Å². The Morgan fingerprint density at radius 3 is 2.76 bits per heavy atom. The Bertz CT molecular complexity index is 726. The van der Waals surface area contributed by atoms with Crippen molar-refractivity contribution in [2.75, 3.05) is 0 Å². The van der Waals surface area contributed by atoms with Crippen LogP contribution >= 0.6 is 11.3 Å². The van der Waals surface area contributed by atoms with Gasteiger partial charge in [-0.05, 0) is 41.3 Å². The van der Waals surface area contributed by atoms with Gasteiger partial charge >= 0.3 is 0 Å². The van der Waals surface area contributed by atoms with Gasteiger partial charge in [0.25, 0.3) is 5.91 Å². The molecule has 3 rings (SSSR count). The lowest BCUT2D eigenvalue weighted by Gasteiger charge is -2.06. The van der Waals surface area contributed by atoms with Crippen molar-refractivity contribution in [2.45, 2.75) is 6.54 Å². The minimum atomic E-state index is -0.0488. The molecule has 0 saturated heterocycles. The predicted octanol–water partition coefficient (Wildman–Crippen LogP) is 3.14. The smallest absolute Gasteiger partial charge is 0.261 e. The highest BCUT2D eigenvalue weighted by Gasteiger charge is 2.06. The Balaban J connectivity index is 1.71. The van der Waals surface area contributed by atoms with E-state index in [1.165, 1.54) is 11.3 Å². The fourth-order valence-electron chi connectivity index (χ4n) is 1.94. The molecule has 0 unspecified atom stereocenters. The Morgan fingerprint density at radius 2 is 2.00 bits per heavy atom. The average Bonchev–Trinajstić information content (AvgIpc) is 3.08. The van der Waals surface area contributed by atoms with Crippen LogP contribution in [0.1, 0.15) is 15.2 Å². The fraction of sp³-hybridized carbons (Fsp3) is 0.0625. The van der Waals surface area contributed by atoms with E-state index in [1.807, 2.05) is 41.8 Å². The minimum absolute atomic E-state index is 0.0488. The van der Waals surface area contributed by atoms with E-state index in [0.717, 1.165) is 21.7 Å². The van der Waals surface area contributed by atoms with Gasteiger partial charge in [-0.2, -0.15) is 0 Å². The van der Waals surface area contributed by atoms with Crippen molar-refractivity contribution >= 4 is 17.2 Å². The molecule has 21 heavy (non-hydrogen) atoms. The molecule has 3 aromatic rings. The van der Waals surface area contributed by atoms with Gasteiger partial charge in [-0.3, -0.25) is 14.8 Å². The summed E-state index contributed by atoms with van der Waals surface area (Å²) < 4.78 is 0. The molecule has 0 fully saturated rings. The maximum Gasteiger partial charge on any atom is 0.261 e. The van der Waals surface area contributed by atoms with Crippen LogP contribution in [-0.4, -0.2) is 15.9 Å². The zero-order valence-electron chi connectivity index (χ0n) is 11.2. The molecule has 0 atom stereocenters. The number of carbonyl (C=O) groups is 1. The molecule has 0 spiro atoms. The molecule has 3 heterocycles. The Labute approximate surface area is 126 Å². The predicted molar refractivity (Wildman–Crippen MR) is 83.0 cm³/mol. The molecule has 5 heteroatoms. The summed E-state index contributed by atoms with van der Waals surface area (Å²) in [5.74, 6) is -0.0488. The topological polar surface area (TPSA) is 54.9 Å². The molecule has 0 saturated carbocycles. The molecule has 0 aliphatic carbocycles. The molecular weight excluding hydrogens is 282 g/mol. The second kappa shape index (κ2) is 6.28. The third-order valence-electron chi connectivity index (χ3n) is 3.00. The van der Waals surface area contributed by atoms with E-state index < -0.39 is 0 Å². The number of hydrogen-bond acceptors (Lipinski definition) is 4. The number of nitrogens with zero attached hydrogens (tertiary/aromatic N) is 2. The van der Waals surface area contributed by atoms with Gasteiger partial charge in [-0.25, -0.2) is 0 Å². The largest absolute Gasteiger partial charge is 0.347 e. The SMILES string of the molecule is O=C(NCc1ccnc(-c2ccncc2)c1)c1cccs1. The quantitative estimate of drug-likeness (QED) is 0.804. The number of hydrogen-bond donors (Lipinski definition) is 1. The van der Waals surface area contributed by atoms with Crippen molar-refractivity contribution in [3.63, 3.8) is 0 Å². The van der Waals surface area contributed by atoms with Gasteiger partial charge in [0.05, 0.1) is 10.6 Å². The summed E-state index contributed by atoms with van der Waals surface area (Å²) in [6, 6.07) is 11.4. The first kappa shape index (κ1) is 13.5. The monoisotopic (exact) mass is 295 g/mol. The van der Waals surface area contributed by atoms with Gasteiger partial charge in [0.15, 0.2) is 0 Å². The highest BCUT2D eigenvalue weighted by Crippen LogP contribution is 2.16. The van der Waals surface area contributed by atoms with E-state index in [9.17, 15) is 4.79 Å². The van der Waals surface area contributed by atoms with Crippen molar-refractivity contribution in [3.05, 3.63) is 70.8 Å². The number of nitrogens with one attached hydrogen (secondary N) is 1. The minimum Gasteiger partial charge on any atom is -0.347 e. The van der Waals surface area contributed by atoms with E-state index in [0.29, 0.717) is 6.54 Å². The van der Waals surface area contributed by atoms with E-state index in [-0.39, 0.29) is 5.91 Å². The van der Waals surface area contributed by atoms with Crippen LogP contribution in [-0.2, 0) is 6.54 Å². The fourth-order valence-corrected chi connectivity index (χ4v) is 2.58. The first-order valence-electron chi connectivity index (χ1n) is 6.50. The Kier molecular flexibility index (Phi) is 4.02. The molecule has 104 valence electrons. The molecule has 3 aromatic heterocycles. The summed E-state index contributed by atoms with van der Waals surface area (Å²) in [5, 5.41) is 4.80. The van der Waals surface area contributed by atoms with Crippen LogP contribution in [0.3, 0.4) is 0 Å². The highest BCUT2D eigenvalue weighted by molar-refractivity contribution is 7.12. The normalized spacial score (nSPS) is 10.3. The maximum atomic E-state index is 11.9. The van der Waals surface area contributed by atoms with Crippen molar-refractivity contribution in [1.29, 1.82) is 0 Å². The van der Waals surface area contributed by atoms with Gasteiger partial charge in [0.1, 0.15) is 0 Å². The first-order valence-corrected chi connectivity index (χ1v) is 7.38. The maximum absolute atomic E-state index is 11.9. The third-order valence-corrected chi connectivity index (χ3v) is 3.87. The summed E-state index contributed by atoms with van der Waals surface area (Å²) in [4.78, 5) is 21.0. The summed E-state index contributed by atoms with van der Waals surface area (Å²) in [5.41, 5.74) is 2.90. The van der Waals surface area contributed by atoms with Crippen LogP contribution in [0, 0.1) is 0 Å². The zero-order valence-corrected chi connectivity index (χ0v) is 12.0. The first-order chi connectivity index (χ1) is 10.3. The number of thiophene rings is 1. The molecule has 1 N–H and O–H groups in total. The van der Waals surface area contributed by atoms with Crippen LogP contribution in [0.25, 0.3) is 11.3 Å². The van der Waals surface area contributed by atoms with Gasteiger partial charge in [0, 0.05) is 30.7 Å². The molecule has 1 amide bonds. The second-order valence-electron chi connectivity index (χ2n) is 4.45. The number of carbonyl (C=O) groups excluding carboxylic acids is 1. The van der Waals surface area contributed by atoms with Crippen LogP contribution in [0.2, 0.25) is 0 Å². The lowest BCUT2D eigenvalue weighted by atomic mass is 10.1. The van der Waals surface area contributed by atoms with Crippen LogP contribution in [0.5, 0.6) is 0 Å². The van der Waals surface area contributed by atoms with Crippen molar-refractivity contribution in [2.24, 2.45) is 0 Å². The van der Waals surface area contributed by atoms with E-state index in [4.69, 9.17) is 0 Å². The number of aromatic nitrogens is 2. The van der Waals surface area contributed by atoms with Gasteiger partial charge in [-0.1, -0.05) is 6.07 Å². The molecule has 0 aromatic carbocycles. The summed E-state index contributed by atoms with van der Waals surface area (Å²) in [6.07, 6.45) is 5.23. The molecule has 0 aliphatic rings. The highest BCUT2D eigenvalue weighted by atomic mass is 32.1. The third kappa shape index (κ3) is 3.32. The standard InChI is InChI=1S/C16H13N3OS/c20-16(15-2-1-9-21-15)19-11-12-3-8-18-14(10-12)13-4-6-17-7-5-13/h1-10H,11H2,(H,19,20). The lowest BCUT2D eigenvalue weighted by Crippen LogP contribution is -2.21. The molecule has 0 radical (unpaired) electrons. The Morgan fingerprint density at radius 1 is 1.14 bits per heavy atom. The van der Waals surface area contributed by atoms with E-state index in [2.05, 4.69) is 15.3 Å². The number of amides is 1. The number of pyridine rings is 2. The second-order valence-corrected chi connectivity index (χ2v) is 5.39. The summed E-state index contributed by atoms with van der Waals surface area (Å²) in [6.45, 7) is 0.483. The molecule has 0 bridgehead atoms. The van der Waals surface area contributed by atoms with E-state index >= 15 is 0 Å². The van der Waals surface area contributed by atoms with Crippen LogP contribution < -0.4 is 5.32 Å². The summed E-state index contributed by atoms with van der Waals surface area (Å²) in [7, 11) is 0. The lowest BCUT2D eigenvalue weighted by molar-refractivity contribution is 0.0955. The molecular formula is C16H13N3OS. The van der Waals surface area contributed by atoms with Crippen molar-refractivity contribution in [1.82, 2.24) is 15.3 Å². The molecule has 0 aliphatic heterocycles. The zero-order chi connectivity index (χ0) is 14.5. The van der Waals surface area contributed by atoms with Gasteiger partial charge in [-0.15, -0.1) is 11.3 Å². The molecule has 4 nitrogen and oxygen atoms in total. The Hall–Kier alpha value is -2.53. The van der Waals surface area contributed by atoms with Crippen molar-refractivity contribution in [3.8, 4) is 11.3 Å². The number of rotatable bonds is 4. The average molecular weight is 295 g/mol. The summed E-state index contributed by atoms with van der Waals surface area (Å²) >= 11 is 1.43. The van der Waals surface area contributed by atoms with Gasteiger partial charge < -0.3 is 5.32 Å². The van der Waals surface area contributed by atoms with Crippen LogP contribution in [0.4, 0.5) is 0 Å². The van der Waals surface area contributed by atoms with E-state index in [1.54, 1.807) is 18.6 Å². The van der Waals surface area contributed by atoms with Gasteiger partial charge in [0.2, 0.25) is 0 Å².